The standard InChI is InChI=1S/C18H22N4O/c19-12-14-4-6-15(7-5-14)18(23)21-17-9-8-16(13-20-17)22-10-2-1-3-11-22/h4-9,13H,1-3,10-12,19H2,(H,20,21,23). The summed E-state index contributed by atoms with van der Waals surface area (Å²) in [6.45, 7) is 2.64. The summed E-state index contributed by atoms with van der Waals surface area (Å²) in [5.41, 5.74) is 8.29. The van der Waals surface area contributed by atoms with E-state index in [0.717, 1.165) is 24.3 Å². The van der Waals surface area contributed by atoms with Gasteiger partial charge in [0.1, 0.15) is 5.82 Å². The smallest absolute Gasteiger partial charge is 0.256 e. The molecule has 1 amide bonds. The first-order chi connectivity index (χ1) is 11.3. The van der Waals surface area contributed by atoms with E-state index in [0.29, 0.717) is 17.9 Å². The monoisotopic (exact) mass is 310 g/mol. The van der Waals surface area contributed by atoms with Crippen molar-refractivity contribution in [3.8, 4) is 0 Å². The summed E-state index contributed by atoms with van der Waals surface area (Å²) in [5.74, 6) is 0.408. The number of hydrogen-bond donors (Lipinski definition) is 2. The van der Waals surface area contributed by atoms with E-state index in [-0.39, 0.29) is 5.91 Å². The predicted octanol–water partition coefficient (Wildman–Crippen LogP) is 2.78. The molecule has 3 N–H and O–H groups in total. The number of aromatic nitrogens is 1. The van der Waals surface area contributed by atoms with Gasteiger partial charge in [-0.1, -0.05) is 12.1 Å². The molecule has 1 aromatic heterocycles. The maximum absolute atomic E-state index is 12.2. The van der Waals surface area contributed by atoms with Crippen LogP contribution >= 0.6 is 0 Å². The molecular weight excluding hydrogens is 288 g/mol. The second kappa shape index (κ2) is 7.24. The van der Waals surface area contributed by atoms with Crippen LogP contribution in [-0.2, 0) is 6.54 Å². The molecule has 1 aliphatic heterocycles. The normalized spacial score (nSPS) is 14.6. The van der Waals surface area contributed by atoms with Crippen LogP contribution in [0.15, 0.2) is 42.6 Å². The van der Waals surface area contributed by atoms with Crippen LogP contribution in [0.2, 0.25) is 0 Å². The van der Waals surface area contributed by atoms with Gasteiger partial charge >= 0.3 is 0 Å². The molecule has 0 spiro atoms. The number of nitrogens with one attached hydrogen (secondary N) is 1. The van der Waals surface area contributed by atoms with Crippen LogP contribution in [0.25, 0.3) is 0 Å². The van der Waals surface area contributed by atoms with E-state index in [9.17, 15) is 4.79 Å². The van der Waals surface area contributed by atoms with Gasteiger partial charge in [0.25, 0.3) is 5.91 Å². The van der Waals surface area contributed by atoms with Gasteiger partial charge in [-0.25, -0.2) is 4.98 Å². The molecule has 120 valence electrons. The van der Waals surface area contributed by atoms with Gasteiger partial charge in [0.2, 0.25) is 0 Å². The Kier molecular flexibility index (Phi) is 4.88. The average Bonchev–Trinajstić information content (AvgIpc) is 2.63. The number of hydrogen-bond acceptors (Lipinski definition) is 4. The fourth-order valence-corrected chi connectivity index (χ4v) is 2.78. The van der Waals surface area contributed by atoms with E-state index in [2.05, 4.69) is 15.2 Å². The number of carbonyl (C=O) groups excluding carboxylic acids is 1. The molecule has 2 heterocycles. The highest BCUT2D eigenvalue weighted by atomic mass is 16.1. The van der Waals surface area contributed by atoms with E-state index >= 15 is 0 Å². The van der Waals surface area contributed by atoms with Gasteiger partial charge in [-0.3, -0.25) is 4.79 Å². The molecule has 0 aliphatic carbocycles. The van der Waals surface area contributed by atoms with Crippen LogP contribution in [0, 0.1) is 0 Å². The molecule has 5 nitrogen and oxygen atoms in total. The Labute approximate surface area is 136 Å². The van der Waals surface area contributed by atoms with Crippen molar-refractivity contribution in [3.05, 3.63) is 53.7 Å². The highest BCUT2D eigenvalue weighted by Crippen LogP contribution is 2.20. The molecule has 2 aromatic rings. The van der Waals surface area contributed by atoms with Crippen LogP contribution < -0.4 is 16.0 Å². The van der Waals surface area contributed by atoms with Gasteiger partial charge in [0.05, 0.1) is 11.9 Å². The van der Waals surface area contributed by atoms with Crippen LogP contribution in [0.3, 0.4) is 0 Å². The van der Waals surface area contributed by atoms with Crippen molar-refractivity contribution >= 4 is 17.4 Å². The van der Waals surface area contributed by atoms with Gasteiger partial charge in [-0.2, -0.15) is 0 Å². The number of nitrogens with two attached hydrogens (primary N) is 1. The highest BCUT2D eigenvalue weighted by Gasteiger charge is 2.12. The van der Waals surface area contributed by atoms with Crippen LogP contribution in [0.5, 0.6) is 0 Å². The second-order valence-corrected chi connectivity index (χ2v) is 5.80. The first-order valence-electron chi connectivity index (χ1n) is 8.07. The third kappa shape index (κ3) is 3.87. The fourth-order valence-electron chi connectivity index (χ4n) is 2.78. The molecule has 3 rings (SSSR count). The van der Waals surface area contributed by atoms with Crippen LogP contribution in [0.4, 0.5) is 11.5 Å². The summed E-state index contributed by atoms with van der Waals surface area (Å²) in [6.07, 6.45) is 5.61. The Morgan fingerprint density at radius 3 is 2.43 bits per heavy atom. The van der Waals surface area contributed by atoms with E-state index < -0.39 is 0 Å². The van der Waals surface area contributed by atoms with E-state index in [1.165, 1.54) is 19.3 Å². The van der Waals surface area contributed by atoms with Crippen molar-refractivity contribution in [3.63, 3.8) is 0 Å². The lowest BCUT2D eigenvalue weighted by Crippen LogP contribution is -2.29. The van der Waals surface area contributed by atoms with Crippen molar-refractivity contribution < 1.29 is 4.79 Å². The van der Waals surface area contributed by atoms with Crippen LogP contribution in [0.1, 0.15) is 35.2 Å². The Balaban J connectivity index is 1.63. The molecule has 0 unspecified atom stereocenters. The van der Waals surface area contributed by atoms with Gasteiger partial charge in [0, 0.05) is 25.2 Å². The summed E-state index contributed by atoms with van der Waals surface area (Å²) in [7, 11) is 0. The molecule has 0 saturated carbocycles. The molecule has 1 aliphatic rings. The Bertz CT molecular complexity index is 646. The minimum atomic E-state index is -0.160. The lowest BCUT2D eigenvalue weighted by atomic mass is 10.1. The molecule has 5 heteroatoms. The van der Waals surface area contributed by atoms with Gasteiger partial charge in [-0.05, 0) is 49.1 Å². The summed E-state index contributed by atoms with van der Waals surface area (Å²) in [6, 6.07) is 11.2. The summed E-state index contributed by atoms with van der Waals surface area (Å²) in [4.78, 5) is 18.9. The Hall–Kier alpha value is -2.40. The quantitative estimate of drug-likeness (QED) is 0.911. The number of anilines is 2. The van der Waals surface area contributed by atoms with Gasteiger partial charge < -0.3 is 16.0 Å². The zero-order valence-corrected chi connectivity index (χ0v) is 13.2. The van der Waals surface area contributed by atoms with Crippen molar-refractivity contribution in [2.75, 3.05) is 23.3 Å². The minimum absolute atomic E-state index is 0.160. The molecule has 23 heavy (non-hydrogen) atoms. The topological polar surface area (TPSA) is 71.2 Å². The van der Waals surface area contributed by atoms with E-state index in [1.807, 2.05) is 30.5 Å². The van der Waals surface area contributed by atoms with Crippen molar-refractivity contribution in [1.29, 1.82) is 0 Å². The average molecular weight is 310 g/mol. The zero-order chi connectivity index (χ0) is 16.1. The SMILES string of the molecule is NCc1ccc(C(=O)Nc2ccc(N3CCCCC3)cn2)cc1. The molecule has 0 atom stereocenters. The molecule has 0 radical (unpaired) electrons. The van der Waals surface area contributed by atoms with Gasteiger partial charge in [-0.15, -0.1) is 0 Å². The van der Waals surface area contributed by atoms with Crippen molar-refractivity contribution in [2.24, 2.45) is 5.73 Å². The zero-order valence-electron chi connectivity index (χ0n) is 13.2. The lowest BCUT2D eigenvalue weighted by molar-refractivity contribution is 0.102. The molecule has 1 saturated heterocycles. The summed E-state index contributed by atoms with van der Waals surface area (Å²) >= 11 is 0. The number of carbonyl (C=O) groups is 1. The van der Waals surface area contributed by atoms with E-state index in [1.54, 1.807) is 12.1 Å². The van der Waals surface area contributed by atoms with Crippen molar-refractivity contribution in [2.45, 2.75) is 25.8 Å². The predicted molar refractivity (Wildman–Crippen MR) is 92.6 cm³/mol. The maximum Gasteiger partial charge on any atom is 0.256 e. The van der Waals surface area contributed by atoms with E-state index in [4.69, 9.17) is 5.73 Å². The number of amides is 1. The number of piperidine rings is 1. The summed E-state index contributed by atoms with van der Waals surface area (Å²) < 4.78 is 0. The number of nitrogens with zero attached hydrogens (tertiary/aromatic N) is 2. The van der Waals surface area contributed by atoms with Crippen LogP contribution in [-0.4, -0.2) is 24.0 Å². The Morgan fingerprint density at radius 1 is 1.09 bits per heavy atom. The minimum Gasteiger partial charge on any atom is -0.370 e. The summed E-state index contributed by atoms with van der Waals surface area (Å²) in [5, 5.41) is 2.83. The number of benzene rings is 1. The molecule has 1 fully saturated rings. The second-order valence-electron chi connectivity index (χ2n) is 5.80. The Morgan fingerprint density at radius 2 is 1.83 bits per heavy atom. The molecular formula is C18H22N4O. The largest absolute Gasteiger partial charge is 0.370 e. The number of rotatable bonds is 4. The number of pyridine rings is 1. The fraction of sp³-hybridized carbons (Fsp3) is 0.333. The van der Waals surface area contributed by atoms with Gasteiger partial charge in [0.15, 0.2) is 0 Å². The molecule has 0 bridgehead atoms. The van der Waals surface area contributed by atoms with Crippen molar-refractivity contribution in [1.82, 2.24) is 4.98 Å². The molecule has 1 aromatic carbocycles. The lowest BCUT2D eigenvalue weighted by Gasteiger charge is -2.28. The third-order valence-electron chi connectivity index (χ3n) is 4.16. The first-order valence-corrected chi connectivity index (χ1v) is 8.07. The first kappa shape index (κ1) is 15.5. The highest BCUT2D eigenvalue weighted by molar-refractivity contribution is 6.03. The third-order valence-corrected chi connectivity index (χ3v) is 4.16. The maximum atomic E-state index is 12.2.